The maximum atomic E-state index is 12.0. The molecule has 0 unspecified atom stereocenters. The maximum Gasteiger partial charge on any atom is 0.404 e. The number of amides is 2. The summed E-state index contributed by atoms with van der Waals surface area (Å²) < 4.78 is 5.26. The molecule has 0 saturated heterocycles. The minimum absolute atomic E-state index is 0.0639. The summed E-state index contributed by atoms with van der Waals surface area (Å²) in [6.45, 7) is 0.223. The van der Waals surface area contributed by atoms with Gasteiger partial charge in [-0.05, 0) is 0 Å². The van der Waals surface area contributed by atoms with E-state index in [-0.39, 0.29) is 30.6 Å². The highest BCUT2D eigenvalue weighted by Gasteiger charge is 2.20. The number of nitrogens with two attached hydrogens (primary N) is 1. The number of anilines is 1. The summed E-state index contributed by atoms with van der Waals surface area (Å²) in [6, 6.07) is 8.85. The van der Waals surface area contributed by atoms with Gasteiger partial charge in [-0.25, -0.2) is 4.79 Å². The molecule has 0 atom stereocenters. The second kappa shape index (κ2) is 6.42. The molecule has 1 aromatic heterocycles. The van der Waals surface area contributed by atoms with Crippen molar-refractivity contribution in [1.82, 2.24) is 15.6 Å². The fourth-order valence-electron chi connectivity index (χ4n) is 1.70. The Morgan fingerprint density at radius 1 is 1.19 bits per heavy atom. The number of oxazole rings is 1. The van der Waals surface area contributed by atoms with Gasteiger partial charge in [-0.3, -0.25) is 4.79 Å². The third-order valence-corrected chi connectivity index (χ3v) is 2.58. The van der Waals surface area contributed by atoms with Crippen molar-refractivity contribution in [1.29, 1.82) is 0 Å². The average molecular weight is 290 g/mol. The summed E-state index contributed by atoms with van der Waals surface area (Å²) in [5.41, 5.74) is 6.24. The molecule has 0 radical (unpaired) electrons. The van der Waals surface area contributed by atoms with E-state index in [2.05, 4.69) is 15.6 Å². The van der Waals surface area contributed by atoms with Gasteiger partial charge in [0.1, 0.15) is 0 Å². The van der Waals surface area contributed by atoms with Crippen molar-refractivity contribution in [2.75, 3.05) is 18.8 Å². The fourth-order valence-corrected chi connectivity index (χ4v) is 1.70. The second-order valence-corrected chi connectivity index (χ2v) is 4.08. The van der Waals surface area contributed by atoms with E-state index in [1.54, 1.807) is 24.3 Å². The maximum absolute atomic E-state index is 12.0. The largest absolute Gasteiger partial charge is 0.465 e. The molecule has 0 saturated carbocycles. The summed E-state index contributed by atoms with van der Waals surface area (Å²) in [5, 5.41) is 13.1. The van der Waals surface area contributed by atoms with Crippen LogP contribution in [-0.2, 0) is 0 Å². The number of carbonyl (C=O) groups is 2. The standard InChI is InChI=1S/C13H14N4O4/c14-12-17-9(11(18)15-6-7-16-13(19)20)10(21-12)8-4-2-1-3-5-8/h1-5,16H,6-7H2,(H2,14,17)(H,15,18)(H,19,20). The molecule has 0 spiro atoms. The summed E-state index contributed by atoms with van der Waals surface area (Å²) in [4.78, 5) is 26.2. The highest BCUT2D eigenvalue weighted by molar-refractivity contribution is 5.98. The number of carboxylic acid groups (broad SMARTS) is 1. The lowest BCUT2D eigenvalue weighted by Gasteiger charge is -2.04. The molecule has 5 N–H and O–H groups in total. The van der Waals surface area contributed by atoms with E-state index in [0.717, 1.165) is 0 Å². The van der Waals surface area contributed by atoms with Crippen molar-refractivity contribution in [2.45, 2.75) is 0 Å². The first-order chi connectivity index (χ1) is 10.1. The van der Waals surface area contributed by atoms with Crippen LogP contribution in [-0.4, -0.2) is 35.2 Å². The van der Waals surface area contributed by atoms with Gasteiger partial charge in [-0.1, -0.05) is 30.3 Å². The number of nitrogens with zero attached hydrogens (tertiary/aromatic N) is 1. The van der Waals surface area contributed by atoms with Crippen LogP contribution in [0.3, 0.4) is 0 Å². The molecular weight excluding hydrogens is 276 g/mol. The first kappa shape index (κ1) is 14.4. The average Bonchev–Trinajstić information content (AvgIpc) is 2.86. The number of aromatic nitrogens is 1. The molecule has 8 nitrogen and oxygen atoms in total. The second-order valence-electron chi connectivity index (χ2n) is 4.08. The van der Waals surface area contributed by atoms with E-state index in [1.165, 1.54) is 0 Å². The van der Waals surface area contributed by atoms with Gasteiger partial charge in [-0.2, -0.15) is 4.98 Å². The van der Waals surface area contributed by atoms with Crippen LogP contribution in [0, 0.1) is 0 Å². The van der Waals surface area contributed by atoms with Crippen LogP contribution in [0.4, 0.5) is 10.8 Å². The molecule has 8 heteroatoms. The van der Waals surface area contributed by atoms with Crippen LogP contribution in [0.15, 0.2) is 34.7 Å². The van der Waals surface area contributed by atoms with Gasteiger partial charge in [0.2, 0.25) is 0 Å². The Labute approximate surface area is 120 Å². The first-order valence-corrected chi connectivity index (χ1v) is 6.14. The van der Waals surface area contributed by atoms with Crippen LogP contribution in [0.1, 0.15) is 10.5 Å². The van der Waals surface area contributed by atoms with Crippen LogP contribution in [0.2, 0.25) is 0 Å². The lowest BCUT2D eigenvalue weighted by Crippen LogP contribution is -2.34. The summed E-state index contributed by atoms with van der Waals surface area (Å²) in [5.74, 6) is -0.210. The Morgan fingerprint density at radius 2 is 1.86 bits per heavy atom. The van der Waals surface area contributed by atoms with E-state index < -0.39 is 12.0 Å². The van der Waals surface area contributed by atoms with Gasteiger partial charge < -0.3 is 25.9 Å². The molecule has 2 rings (SSSR count). The Bertz CT molecular complexity index is 639. The first-order valence-electron chi connectivity index (χ1n) is 6.14. The van der Waals surface area contributed by atoms with Gasteiger partial charge in [0.25, 0.3) is 11.9 Å². The van der Waals surface area contributed by atoms with Crippen molar-refractivity contribution in [3.05, 3.63) is 36.0 Å². The van der Waals surface area contributed by atoms with Gasteiger partial charge in [0, 0.05) is 18.7 Å². The zero-order valence-corrected chi connectivity index (χ0v) is 11.0. The highest BCUT2D eigenvalue weighted by atomic mass is 16.4. The number of carbonyl (C=O) groups excluding carboxylic acids is 1. The van der Waals surface area contributed by atoms with Crippen molar-refractivity contribution in [3.63, 3.8) is 0 Å². The van der Waals surface area contributed by atoms with E-state index >= 15 is 0 Å². The quantitative estimate of drug-likeness (QED) is 0.606. The Balaban J connectivity index is 2.09. The molecule has 0 aliphatic heterocycles. The topological polar surface area (TPSA) is 130 Å². The molecule has 2 amide bonds. The molecule has 0 aliphatic carbocycles. The number of hydrogen-bond acceptors (Lipinski definition) is 5. The normalized spacial score (nSPS) is 10.1. The minimum Gasteiger partial charge on any atom is -0.465 e. The van der Waals surface area contributed by atoms with Crippen molar-refractivity contribution >= 4 is 18.0 Å². The van der Waals surface area contributed by atoms with Gasteiger partial charge in [-0.15, -0.1) is 0 Å². The third-order valence-electron chi connectivity index (χ3n) is 2.58. The predicted octanol–water partition coefficient (Wildman–Crippen LogP) is 0.921. The van der Waals surface area contributed by atoms with Crippen molar-refractivity contribution in [2.24, 2.45) is 0 Å². The van der Waals surface area contributed by atoms with Crippen LogP contribution in [0.25, 0.3) is 11.3 Å². The van der Waals surface area contributed by atoms with Crippen molar-refractivity contribution in [3.8, 4) is 11.3 Å². The lowest BCUT2D eigenvalue weighted by atomic mass is 10.1. The zero-order valence-electron chi connectivity index (χ0n) is 11.0. The van der Waals surface area contributed by atoms with Crippen LogP contribution >= 0.6 is 0 Å². The molecule has 2 aromatic rings. The Kier molecular flexibility index (Phi) is 4.39. The summed E-state index contributed by atoms with van der Waals surface area (Å²) in [7, 11) is 0. The SMILES string of the molecule is Nc1nc(C(=O)NCCNC(=O)O)c(-c2ccccc2)o1. The molecule has 0 fully saturated rings. The monoisotopic (exact) mass is 290 g/mol. The number of nitrogen functional groups attached to an aromatic ring is 1. The molecule has 1 heterocycles. The van der Waals surface area contributed by atoms with Crippen LogP contribution < -0.4 is 16.4 Å². The molecule has 0 aliphatic rings. The number of benzene rings is 1. The van der Waals surface area contributed by atoms with E-state index in [9.17, 15) is 9.59 Å². The fraction of sp³-hybridized carbons (Fsp3) is 0.154. The summed E-state index contributed by atoms with van der Waals surface area (Å²) >= 11 is 0. The zero-order chi connectivity index (χ0) is 15.2. The van der Waals surface area contributed by atoms with Gasteiger partial charge in [0.15, 0.2) is 11.5 Å². The predicted molar refractivity (Wildman–Crippen MR) is 74.7 cm³/mol. The van der Waals surface area contributed by atoms with E-state index in [1.807, 2.05) is 6.07 Å². The molecule has 1 aromatic carbocycles. The highest BCUT2D eigenvalue weighted by Crippen LogP contribution is 2.25. The lowest BCUT2D eigenvalue weighted by molar-refractivity contribution is 0.0949. The molecule has 0 bridgehead atoms. The number of hydrogen-bond donors (Lipinski definition) is 4. The number of rotatable bonds is 5. The van der Waals surface area contributed by atoms with E-state index in [0.29, 0.717) is 5.56 Å². The third kappa shape index (κ3) is 3.72. The molecular formula is C13H14N4O4. The smallest absolute Gasteiger partial charge is 0.404 e. The van der Waals surface area contributed by atoms with Gasteiger partial charge in [0.05, 0.1) is 0 Å². The Morgan fingerprint density at radius 3 is 2.52 bits per heavy atom. The Hall–Kier alpha value is -3.03. The minimum atomic E-state index is -1.15. The van der Waals surface area contributed by atoms with Crippen LogP contribution in [0.5, 0.6) is 0 Å². The molecule has 21 heavy (non-hydrogen) atoms. The number of nitrogens with one attached hydrogen (secondary N) is 2. The van der Waals surface area contributed by atoms with Crippen molar-refractivity contribution < 1.29 is 19.1 Å². The van der Waals surface area contributed by atoms with E-state index in [4.69, 9.17) is 15.3 Å². The van der Waals surface area contributed by atoms with Gasteiger partial charge >= 0.3 is 6.09 Å². The summed E-state index contributed by atoms with van der Waals surface area (Å²) in [6.07, 6.45) is -1.15. The molecule has 110 valence electrons.